The van der Waals surface area contributed by atoms with Gasteiger partial charge in [-0.2, -0.15) is 18.3 Å². The first-order chi connectivity index (χ1) is 18.9. The van der Waals surface area contributed by atoms with Crippen LogP contribution in [0.4, 0.5) is 18.0 Å². The predicted octanol–water partition coefficient (Wildman–Crippen LogP) is 3.82. The van der Waals surface area contributed by atoms with E-state index >= 15 is 0 Å². The molecule has 0 radical (unpaired) electrons. The molecule has 2 saturated heterocycles. The van der Waals surface area contributed by atoms with Crippen LogP contribution in [0.25, 0.3) is 0 Å². The summed E-state index contributed by atoms with van der Waals surface area (Å²) in [6.45, 7) is 5.39. The van der Waals surface area contributed by atoms with Crippen molar-refractivity contribution in [2.45, 2.75) is 70.8 Å². The summed E-state index contributed by atoms with van der Waals surface area (Å²) in [7, 11) is 1.58. The number of piperazine rings is 1. The second kappa shape index (κ2) is 11.4. The highest BCUT2D eigenvalue weighted by Gasteiger charge is 2.56. The number of amides is 3. The lowest BCUT2D eigenvalue weighted by Gasteiger charge is -2.46. The molecule has 0 spiro atoms. The van der Waals surface area contributed by atoms with Gasteiger partial charge in [0.15, 0.2) is 0 Å². The third-order valence-electron chi connectivity index (χ3n) is 8.73. The number of hydrogen-bond acceptors (Lipinski definition) is 5. The Hall–Kier alpha value is -3.12. The first kappa shape index (κ1) is 29.9. The number of rotatable bonds is 8. The van der Waals surface area contributed by atoms with Crippen molar-refractivity contribution in [1.29, 1.82) is 0 Å². The summed E-state index contributed by atoms with van der Waals surface area (Å²) < 4.78 is 40.8. The van der Waals surface area contributed by atoms with Crippen molar-refractivity contribution >= 4 is 11.9 Å². The fraction of sp³-hybridized carbons (Fsp3) is 0.607. The molecule has 0 saturated carbocycles. The third kappa shape index (κ3) is 5.30. The molecule has 3 amide bonds. The zero-order chi connectivity index (χ0) is 29.4. The van der Waals surface area contributed by atoms with E-state index in [1.165, 1.54) is 4.90 Å². The number of benzene rings is 1. The Labute approximate surface area is 231 Å². The van der Waals surface area contributed by atoms with Gasteiger partial charge in [-0.15, -0.1) is 0 Å². The van der Waals surface area contributed by atoms with Crippen molar-refractivity contribution in [3.63, 3.8) is 0 Å². The van der Waals surface area contributed by atoms with Crippen LogP contribution in [0.15, 0.2) is 24.4 Å². The van der Waals surface area contributed by atoms with Crippen molar-refractivity contribution in [3.05, 3.63) is 52.3 Å². The predicted molar refractivity (Wildman–Crippen MR) is 141 cm³/mol. The third-order valence-corrected chi connectivity index (χ3v) is 8.73. The molecule has 9 nitrogen and oxygen atoms in total. The van der Waals surface area contributed by atoms with Gasteiger partial charge in [-0.25, -0.2) is 4.79 Å². The maximum Gasteiger partial charge on any atom is 0.416 e. The number of aryl methyl sites for hydroxylation is 2. The number of hydrogen-bond donors (Lipinski definition) is 3. The van der Waals surface area contributed by atoms with Gasteiger partial charge in [0.1, 0.15) is 0 Å². The number of alkyl halides is 3. The Kier molecular flexibility index (Phi) is 8.51. The summed E-state index contributed by atoms with van der Waals surface area (Å²) in [5.74, 6) is -0.142. The van der Waals surface area contributed by atoms with E-state index in [4.69, 9.17) is 0 Å². The van der Waals surface area contributed by atoms with Crippen LogP contribution in [-0.4, -0.2) is 86.4 Å². The lowest BCUT2D eigenvalue weighted by Crippen LogP contribution is -2.57. The average molecular weight is 566 g/mol. The van der Waals surface area contributed by atoms with Gasteiger partial charge < -0.3 is 24.9 Å². The molecule has 0 bridgehead atoms. The highest BCUT2D eigenvalue weighted by Crippen LogP contribution is 2.49. The summed E-state index contributed by atoms with van der Waals surface area (Å²) in [5, 5.41) is 26.5. The van der Waals surface area contributed by atoms with Crippen molar-refractivity contribution in [2.75, 3.05) is 33.4 Å². The molecule has 1 aromatic carbocycles. The number of aromatic nitrogens is 2. The number of nitrogens with zero attached hydrogens (tertiary/aromatic N) is 4. The largest absolute Gasteiger partial charge is 0.416 e. The second-order valence-electron chi connectivity index (χ2n) is 11.0. The smallest absolute Gasteiger partial charge is 0.396 e. The molecule has 1 aromatic heterocycles. The normalized spacial score (nSPS) is 21.5. The van der Waals surface area contributed by atoms with Crippen LogP contribution in [0.2, 0.25) is 0 Å². The highest BCUT2D eigenvalue weighted by atomic mass is 19.4. The van der Waals surface area contributed by atoms with Gasteiger partial charge in [0.2, 0.25) is 5.91 Å². The van der Waals surface area contributed by atoms with E-state index in [1.54, 1.807) is 43.0 Å². The molecule has 12 heteroatoms. The molecule has 0 aliphatic carbocycles. The van der Waals surface area contributed by atoms with Crippen LogP contribution in [-0.2, 0) is 17.4 Å². The van der Waals surface area contributed by atoms with Gasteiger partial charge in [0, 0.05) is 44.6 Å². The number of carbonyl (C=O) groups excluding carboxylic acids is 2. The summed E-state index contributed by atoms with van der Waals surface area (Å²) in [6, 6.07) is 1.93. The number of aliphatic hydroxyl groups is 2. The molecule has 220 valence electrons. The van der Waals surface area contributed by atoms with E-state index in [1.807, 2.05) is 6.92 Å². The number of carbonyl (C=O) groups is 2. The van der Waals surface area contributed by atoms with Gasteiger partial charge in [-0.3, -0.25) is 9.89 Å². The van der Waals surface area contributed by atoms with Gasteiger partial charge in [-0.05, 0) is 62.8 Å². The molecule has 3 heterocycles. The van der Waals surface area contributed by atoms with Crippen LogP contribution in [0.1, 0.15) is 73.1 Å². The number of nitrogens with one attached hydrogen (secondary N) is 1. The zero-order valence-corrected chi connectivity index (χ0v) is 23.3. The van der Waals surface area contributed by atoms with Crippen molar-refractivity contribution in [1.82, 2.24) is 24.9 Å². The number of H-pyrrole nitrogens is 1. The van der Waals surface area contributed by atoms with Crippen molar-refractivity contribution in [3.8, 4) is 0 Å². The van der Waals surface area contributed by atoms with Crippen molar-refractivity contribution < 1.29 is 33.0 Å². The van der Waals surface area contributed by atoms with Crippen LogP contribution in [0.3, 0.4) is 0 Å². The van der Waals surface area contributed by atoms with Gasteiger partial charge in [0.05, 0.1) is 35.3 Å². The molecule has 4 rings (SSSR count). The molecule has 3 atom stereocenters. The van der Waals surface area contributed by atoms with E-state index in [0.717, 1.165) is 23.4 Å². The summed E-state index contributed by atoms with van der Waals surface area (Å²) in [5.41, 5.74) is 0.721. The van der Waals surface area contributed by atoms with Crippen LogP contribution in [0.5, 0.6) is 0 Å². The highest BCUT2D eigenvalue weighted by molar-refractivity contribution is 5.86. The Bertz CT molecular complexity index is 1230. The zero-order valence-electron chi connectivity index (χ0n) is 23.3. The van der Waals surface area contributed by atoms with E-state index in [9.17, 15) is 33.0 Å². The minimum absolute atomic E-state index is 0.142. The number of aromatic amines is 1. The molecule has 3 N–H and O–H groups in total. The standard InChI is InChI=1S/C28H38F3N5O4/c1-5-19-12-20(14-21(13-19)28(29,30)31)18(3)34(4)26(40)36-9-8-35-23(24(36)22-16-32-33-17(22)2)15-27(6-10-37,7-11-38)25(35)39/h12-14,16,18,23-24,37-38H,5-11,15H2,1-4H3,(H,32,33). The average Bonchev–Trinajstić information content (AvgIpc) is 3.46. The minimum Gasteiger partial charge on any atom is -0.396 e. The van der Waals surface area contributed by atoms with Crippen LogP contribution >= 0.6 is 0 Å². The Balaban J connectivity index is 1.69. The molecule has 2 fully saturated rings. The topological polar surface area (TPSA) is 113 Å². The van der Waals surface area contributed by atoms with E-state index in [2.05, 4.69) is 10.2 Å². The lowest BCUT2D eigenvalue weighted by atomic mass is 9.77. The molecular formula is C28H38F3N5O4. The Morgan fingerprint density at radius 3 is 2.45 bits per heavy atom. The first-order valence-corrected chi connectivity index (χ1v) is 13.7. The SMILES string of the molecule is CCc1cc(C(C)N(C)C(=O)N2CCN3C(=O)C(CCO)(CCO)CC3C2c2cn[nH]c2C)cc(C(F)(F)F)c1. The van der Waals surface area contributed by atoms with E-state index in [-0.39, 0.29) is 51.1 Å². The molecule has 2 aliphatic heterocycles. The van der Waals surface area contributed by atoms with Crippen LogP contribution in [0, 0.1) is 12.3 Å². The summed E-state index contributed by atoms with van der Waals surface area (Å²) in [6.07, 6.45) is -1.69. The molecule has 40 heavy (non-hydrogen) atoms. The fourth-order valence-corrected chi connectivity index (χ4v) is 6.30. The van der Waals surface area contributed by atoms with E-state index < -0.39 is 35.3 Å². The minimum atomic E-state index is -4.51. The monoisotopic (exact) mass is 565 g/mol. The number of halogens is 3. The van der Waals surface area contributed by atoms with Gasteiger partial charge in [-0.1, -0.05) is 13.0 Å². The number of aliphatic hydroxyl groups excluding tert-OH is 2. The summed E-state index contributed by atoms with van der Waals surface area (Å²) >= 11 is 0. The molecular weight excluding hydrogens is 527 g/mol. The number of fused-ring (bicyclic) bond motifs is 1. The molecule has 2 aromatic rings. The quantitative estimate of drug-likeness (QED) is 0.451. The van der Waals surface area contributed by atoms with Gasteiger partial charge in [0.25, 0.3) is 0 Å². The Morgan fingerprint density at radius 2 is 1.90 bits per heavy atom. The lowest BCUT2D eigenvalue weighted by molar-refractivity contribution is -0.140. The Morgan fingerprint density at radius 1 is 1.23 bits per heavy atom. The molecule has 2 aliphatic rings. The summed E-state index contributed by atoms with van der Waals surface area (Å²) in [4.78, 5) is 32.5. The van der Waals surface area contributed by atoms with Gasteiger partial charge >= 0.3 is 12.2 Å². The second-order valence-corrected chi connectivity index (χ2v) is 11.0. The maximum absolute atomic E-state index is 14.1. The fourth-order valence-electron chi connectivity index (χ4n) is 6.30. The number of urea groups is 1. The van der Waals surface area contributed by atoms with Crippen LogP contribution < -0.4 is 0 Å². The maximum atomic E-state index is 14.1. The van der Waals surface area contributed by atoms with Crippen molar-refractivity contribution in [2.24, 2.45) is 5.41 Å². The first-order valence-electron chi connectivity index (χ1n) is 13.7. The molecule has 3 unspecified atom stereocenters. The van der Waals surface area contributed by atoms with E-state index in [0.29, 0.717) is 24.0 Å².